The monoisotopic (exact) mass is 333 g/mol. The minimum Gasteiger partial charge on any atom is -0.394 e. The van der Waals surface area contributed by atoms with E-state index in [1.54, 1.807) is 12.1 Å². The number of rotatable bonds is 6. The van der Waals surface area contributed by atoms with Crippen LogP contribution in [-0.2, 0) is 4.79 Å². The van der Waals surface area contributed by atoms with E-state index >= 15 is 0 Å². The van der Waals surface area contributed by atoms with Crippen molar-refractivity contribution in [3.8, 4) is 0 Å². The van der Waals surface area contributed by atoms with Crippen LogP contribution in [0.1, 0.15) is 51.7 Å². The lowest BCUT2D eigenvalue weighted by molar-refractivity contribution is -0.131. The zero-order chi connectivity index (χ0) is 17.7. The molecule has 24 heavy (non-hydrogen) atoms. The minimum absolute atomic E-state index is 0.0331. The van der Waals surface area contributed by atoms with E-state index in [1.165, 1.54) is 6.42 Å². The van der Waals surface area contributed by atoms with Gasteiger partial charge in [0, 0.05) is 5.92 Å². The number of nitrogens with one attached hydrogen (secondary N) is 1. The molecule has 3 N–H and O–H groups in total. The highest BCUT2D eigenvalue weighted by atomic mass is 16.3. The number of hydrogen-bond acceptors (Lipinski definition) is 3. The van der Waals surface area contributed by atoms with Crippen molar-refractivity contribution in [2.45, 2.75) is 52.2 Å². The van der Waals surface area contributed by atoms with Gasteiger partial charge in [-0.2, -0.15) is 0 Å². The Hall–Kier alpha value is -1.39. The number of carbonyl (C=O) groups is 1. The van der Waals surface area contributed by atoms with Crippen LogP contribution in [0, 0.1) is 23.7 Å². The number of hydrogen-bond donors (Lipinski definition) is 3. The Morgan fingerprint density at radius 2 is 1.92 bits per heavy atom. The third-order valence-electron chi connectivity index (χ3n) is 5.41. The first-order valence-electron chi connectivity index (χ1n) is 9.08. The molecule has 1 saturated carbocycles. The lowest BCUT2D eigenvalue weighted by Gasteiger charge is -2.37. The largest absolute Gasteiger partial charge is 0.394 e. The second kappa shape index (κ2) is 8.63. The maximum Gasteiger partial charge on any atom is 0.223 e. The molecule has 5 atom stereocenters. The molecule has 0 bridgehead atoms. The number of amides is 1. The van der Waals surface area contributed by atoms with Crippen LogP contribution >= 0.6 is 0 Å². The van der Waals surface area contributed by atoms with E-state index in [0.717, 1.165) is 12.8 Å². The van der Waals surface area contributed by atoms with Gasteiger partial charge in [0.2, 0.25) is 5.91 Å². The summed E-state index contributed by atoms with van der Waals surface area (Å²) in [6, 6.07) is 8.49. The van der Waals surface area contributed by atoms with E-state index < -0.39 is 12.1 Å². The first-order valence-corrected chi connectivity index (χ1v) is 9.08. The fourth-order valence-corrected chi connectivity index (χ4v) is 3.90. The third-order valence-corrected chi connectivity index (χ3v) is 5.41. The third kappa shape index (κ3) is 4.58. The quantitative estimate of drug-likeness (QED) is 0.750. The van der Waals surface area contributed by atoms with E-state index in [2.05, 4.69) is 26.1 Å². The van der Waals surface area contributed by atoms with Gasteiger partial charge in [-0.3, -0.25) is 4.79 Å². The number of benzene rings is 1. The number of aliphatic hydroxyl groups excluding tert-OH is 2. The van der Waals surface area contributed by atoms with E-state index in [9.17, 15) is 15.0 Å². The van der Waals surface area contributed by atoms with Gasteiger partial charge in [-0.25, -0.2) is 0 Å². The summed E-state index contributed by atoms with van der Waals surface area (Å²) >= 11 is 0. The smallest absolute Gasteiger partial charge is 0.223 e. The predicted molar refractivity (Wildman–Crippen MR) is 95.3 cm³/mol. The fourth-order valence-electron chi connectivity index (χ4n) is 3.90. The first kappa shape index (κ1) is 18.9. The summed E-state index contributed by atoms with van der Waals surface area (Å²) in [4.78, 5) is 12.8. The Morgan fingerprint density at radius 3 is 2.50 bits per heavy atom. The van der Waals surface area contributed by atoms with Crippen LogP contribution in [0.2, 0.25) is 0 Å². The van der Waals surface area contributed by atoms with E-state index in [0.29, 0.717) is 23.3 Å². The highest BCUT2D eigenvalue weighted by molar-refractivity contribution is 5.79. The summed E-state index contributed by atoms with van der Waals surface area (Å²) in [7, 11) is 0. The van der Waals surface area contributed by atoms with Gasteiger partial charge in [0.25, 0.3) is 0 Å². The van der Waals surface area contributed by atoms with Crippen molar-refractivity contribution in [1.29, 1.82) is 0 Å². The predicted octanol–water partition coefficient (Wildman–Crippen LogP) is 2.91. The molecule has 1 fully saturated rings. The van der Waals surface area contributed by atoms with E-state index in [-0.39, 0.29) is 18.4 Å². The summed E-state index contributed by atoms with van der Waals surface area (Å²) in [6.45, 7) is 6.25. The van der Waals surface area contributed by atoms with E-state index in [1.807, 2.05) is 18.2 Å². The molecule has 4 nitrogen and oxygen atoms in total. The van der Waals surface area contributed by atoms with E-state index in [4.69, 9.17) is 0 Å². The maximum atomic E-state index is 12.8. The molecular weight excluding hydrogens is 302 g/mol. The van der Waals surface area contributed by atoms with Crippen molar-refractivity contribution in [3.05, 3.63) is 35.9 Å². The van der Waals surface area contributed by atoms with Crippen LogP contribution in [0.3, 0.4) is 0 Å². The molecule has 1 amide bonds. The van der Waals surface area contributed by atoms with Gasteiger partial charge in [-0.1, -0.05) is 57.5 Å². The van der Waals surface area contributed by atoms with Crippen LogP contribution in [0.4, 0.5) is 0 Å². The average Bonchev–Trinajstić information content (AvgIpc) is 2.59. The molecule has 0 heterocycles. The molecular formula is C20H31NO3. The highest BCUT2D eigenvalue weighted by Gasteiger charge is 2.36. The van der Waals surface area contributed by atoms with Crippen LogP contribution in [-0.4, -0.2) is 28.8 Å². The molecule has 1 aliphatic carbocycles. The summed E-state index contributed by atoms with van der Waals surface area (Å²) < 4.78 is 0. The van der Waals surface area contributed by atoms with Crippen LogP contribution in [0.25, 0.3) is 0 Å². The van der Waals surface area contributed by atoms with Gasteiger partial charge < -0.3 is 15.5 Å². The molecule has 1 unspecified atom stereocenters. The SMILES string of the molecule is CC(C)[C@@H]1CC[C@@H](C)CC1C(=O)N[C@H](CO)[C@H](O)c1ccccc1. The molecule has 0 aliphatic heterocycles. The zero-order valence-corrected chi connectivity index (χ0v) is 15.0. The molecule has 1 aliphatic rings. The Labute approximate surface area is 145 Å². The molecule has 0 radical (unpaired) electrons. The van der Waals surface area contributed by atoms with Crippen molar-refractivity contribution in [2.75, 3.05) is 6.61 Å². The summed E-state index contributed by atoms with van der Waals surface area (Å²) in [5.41, 5.74) is 0.703. The highest BCUT2D eigenvalue weighted by Crippen LogP contribution is 2.38. The Balaban J connectivity index is 2.07. The van der Waals surface area contributed by atoms with Gasteiger partial charge in [0.05, 0.1) is 12.6 Å². The Bertz CT molecular complexity index is 517. The molecule has 0 aromatic heterocycles. The summed E-state index contributed by atoms with van der Waals surface area (Å²) in [5, 5.41) is 23.0. The Kier molecular flexibility index (Phi) is 6.81. The van der Waals surface area contributed by atoms with Crippen molar-refractivity contribution in [3.63, 3.8) is 0 Å². The summed E-state index contributed by atoms with van der Waals surface area (Å²) in [5.74, 6) is 1.30. The topological polar surface area (TPSA) is 69.6 Å². The van der Waals surface area contributed by atoms with Gasteiger partial charge in [-0.15, -0.1) is 0 Å². The van der Waals surface area contributed by atoms with Gasteiger partial charge in [-0.05, 0) is 36.2 Å². The van der Waals surface area contributed by atoms with Crippen LogP contribution in [0.15, 0.2) is 30.3 Å². The maximum absolute atomic E-state index is 12.8. The molecule has 0 spiro atoms. The van der Waals surface area contributed by atoms with Crippen molar-refractivity contribution < 1.29 is 15.0 Å². The standard InChI is InChI=1S/C20H31NO3/c1-13(2)16-10-9-14(3)11-17(16)20(24)21-18(12-22)19(23)15-7-5-4-6-8-15/h4-8,13-14,16-19,22-23H,9-12H2,1-3H3,(H,21,24)/t14-,16+,17?,18-,19-/m1/s1. The fraction of sp³-hybridized carbons (Fsp3) is 0.650. The zero-order valence-electron chi connectivity index (χ0n) is 15.0. The van der Waals surface area contributed by atoms with Crippen molar-refractivity contribution in [1.82, 2.24) is 5.32 Å². The lowest BCUT2D eigenvalue weighted by Crippen LogP contribution is -2.47. The molecule has 2 rings (SSSR count). The normalized spacial score (nSPS) is 26.8. The van der Waals surface area contributed by atoms with Gasteiger partial charge >= 0.3 is 0 Å². The minimum atomic E-state index is -0.904. The second-order valence-corrected chi connectivity index (χ2v) is 7.59. The van der Waals surface area contributed by atoms with Crippen molar-refractivity contribution in [2.24, 2.45) is 23.7 Å². The summed E-state index contributed by atoms with van der Waals surface area (Å²) in [6.07, 6.45) is 2.22. The van der Waals surface area contributed by atoms with Crippen molar-refractivity contribution >= 4 is 5.91 Å². The van der Waals surface area contributed by atoms with Gasteiger partial charge in [0.1, 0.15) is 6.10 Å². The number of carbonyl (C=O) groups excluding carboxylic acids is 1. The first-order chi connectivity index (χ1) is 11.4. The molecule has 1 aromatic rings. The van der Waals surface area contributed by atoms with Crippen LogP contribution in [0.5, 0.6) is 0 Å². The van der Waals surface area contributed by atoms with Gasteiger partial charge in [0.15, 0.2) is 0 Å². The number of aliphatic hydroxyl groups is 2. The molecule has 1 aromatic carbocycles. The molecule has 4 heteroatoms. The van der Waals surface area contributed by atoms with Crippen LogP contribution < -0.4 is 5.32 Å². The molecule has 134 valence electrons. The second-order valence-electron chi connectivity index (χ2n) is 7.59. The molecule has 0 saturated heterocycles. The Morgan fingerprint density at radius 1 is 1.25 bits per heavy atom. The lowest BCUT2D eigenvalue weighted by atomic mass is 9.69. The average molecular weight is 333 g/mol.